The number of fused-ring (bicyclic) bond motifs is 26. The Balaban J connectivity index is 0.595. The number of para-hydroxylation sites is 2. The van der Waals surface area contributed by atoms with Gasteiger partial charge >= 0.3 is 0 Å². The van der Waals surface area contributed by atoms with Crippen LogP contribution < -0.4 is 19.6 Å². The van der Waals surface area contributed by atoms with Crippen LogP contribution in [0.4, 0.5) is 68.2 Å². The molecule has 0 saturated heterocycles. The minimum atomic E-state index is -0.717. The quantitative estimate of drug-likeness (QED) is 0.0901. The van der Waals surface area contributed by atoms with Gasteiger partial charge in [-0.1, -0.05) is 388 Å². The molecule has 0 radical (unpaired) electrons. The van der Waals surface area contributed by atoms with Crippen LogP contribution in [0.1, 0.15) is 44.5 Å². The van der Waals surface area contributed by atoms with Crippen molar-refractivity contribution in [2.24, 2.45) is 0 Å². The fourth-order valence-corrected chi connectivity index (χ4v) is 24.4. The minimum Gasteiger partial charge on any atom is -0.310 e. The molecule has 4 heteroatoms. The van der Waals surface area contributed by atoms with E-state index in [0.717, 1.165) is 112 Å². The number of rotatable bonds is 17. The predicted octanol–water partition coefficient (Wildman–Crippen LogP) is 37.2. The largest absolute Gasteiger partial charge is 0.310 e. The monoisotopic (exact) mass is 1800 g/mol. The lowest BCUT2D eigenvalue weighted by Gasteiger charge is -2.33. The van der Waals surface area contributed by atoms with Crippen molar-refractivity contribution in [2.45, 2.75) is 10.8 Å². The third-order valence-corrected chi connectivity index (χ3v) is 30.5. The average molecular weight is 1800 g/mol. The molecule has 0 amide bonds. The van der Waals surface area contributed by atoms with Gasteiger partial charge in [-0.15, -0.1) is 0 Å². The highest BCUT2D eigenvalue weighted by Crippen LogP contribution is 2.69. The van der Waals surface area contributed by atoms with Crippen molar-refractivity contribution in [1.29, 1.82) is 0 Å². The van der Waals surface area contributed by atoms with E-state index in [4.69, 9.17) is 0 Å². The van der Waals surface area contributed by atoms with Gasteiger partial charge in [0.15, 0.2) is 0 Å². The fourth-order valence-electron chi connectivity index (χ4n) is 24.4. The summed E-state index contributed by atoms with van der Waals surface area (Å²) in [4.78, 5) is 9.90. The summed E-state index contributed by atoms with van der Waals surface area (Å²) in [5.74, 6) is 0. The van der Waals surface area contributed by atoms with Crippen LogP contribution in [0, 0.1) is 0 Å². The van der Waals surface area contributed by atoms with E-state index in [1.807, 2.05) is 0 Å². The van der Waals surface area contributed by atoms with Crippen LogP contribution >= 0.6 is 0 Å². The maximum Gasteiger partial charge on any atom is 0.0726 e. The normalized spacial score (nSPS) is 12.8. The van der Waals surface area contributed by atoms with Crippen LogP contribution in [0.5, 0.6) is 0 Å². The van der Waals surface area contributed by atoms with Crippen LogP contribution in [-0.4, -0.2) is 0 Å². The molecule has 0 fully saturated rings. The van der Waals surface area contributed by atoms with E-state index in [1.165, 1.54) is 144 Å². The van der Waals surface area contributed by atoms with Gasteiger partial charge in [-0.05, 0) is 335 Å². The van der Waals surface area contributed by atoms with Gasteiger partial charge in [-0.2, -0.15) is 0 Å². The van der Waals surface area contributed by atoms with Crippen LogP contribution in [0.3, 0.4) is 0 Å². The molecule has 0 unspecified atom stereocenters. The Kier molecular flexibility index (Phi) is 19.1. The Morgan fingerprint density at radius 3 is 0.725 bits per heavy atom. The molecule has 0 atom stereocenters. The lowest BCUT2D eigenvalue weighted by molar-refractivity contribution is 0.795. The molecule has 24 aromatic carbocycles. The number of hydrogen-bond acceptors (Lipinski definition) is 4. The molecule has 4 aliphatic carbocycles. The zero-order valence-corrected chi connectivity index (χ0v) is 77.8. The molecule has 0 saturated carbocycles. The topological polar surface area (TPSA) is 13.0 Å². The molecule has 0 aliphatic heterocycles. The van der Waals surface area contributed by atoms with Crippen molar-refractivity contribution in [1.82, 2.24) is 0 Å². The van der Waals surface area contributed by atoms with Gasteiger partial charge in [0.1, 0.15) is 0 Å². The van der Waals surface area contributed by atoms with Gasteiger partial charge in [-0.25, -0.2) is 0 Å². The zero-order chi connectivity index (χ0) is 93.5. The van der Waals surface area contributed by atoms with Gasteiger partial charge in [0.2, 0.25) is 0 Å². The molecular weight excluding hydrogens is 1710 g/mol. The Morgan fingerprint density at radius 1 is 0.120 bits per heavy atom. The highest BCUT2D eigenvalue weighted by atomic mass is 15.2. The standard InChI is InChI=1S/C138H90N4/c1-7-34-91(35-8-1)95-64-72-107(73-65-95)139(105-45-15-5-16-46-105)113-78-70-101-85-123-129(87-103(101)83-113)137(125-60-27-23-52-115(125)116-53-24-28-61-126(116)137)131-89-133(119-56-19-21-58-121(119)135(123)131)141(108-74-66-96(67-75-108)92-36-9-2-10-37-92)109-76-68-97(69-77-109)100-44-32-50-111(81-100)140(110-49-31-42-98(80-110)93-38-11-3-12-39-93)114-79-71-102-86-124-130(88-104(102)84-114)138(127-62-29-25-54-117(127)118-55-26-30-63-128(118)138)132-90-134(120-57-20-22-59-122(120)136(124)132)142(106-47-17-6-18-48-106)112-51-33-43-99(82-112)94-40-13-4-14-41-94/h1-90H. The first-order chi connectivity index (χ1) is 70.4. The molecule has 4 aliphatic rings. The molecule has 28 rings (SSSR count). The summed E-state index contributed by atoms with van der Waals surface area (Å²) >= 11 is 0. The number of hydrogen-bond donors (Lipinski definition) is 0. The number of nitrogens with zero attached hydrogens (tertiary/aromatic N) is 4. The summed E-state index contributed by atoms with van der Waals surface area (Å²) in [5.41, 5.74) is 43.2. The predicted molar refractivity (Wildman–Crippen MR) is 595 cm³/mol. The first-order valence-electron chi connectivity index (χ1n) is 49.2. The van der Waals surface area contributed by atoms with E-state index in [9.17, 15) is 0 Å². The highest BCUT2D eigenvalue weighted by molar-refractivity contribution is 6.17. The second-order valence-electron chi connectivity index (χ2n) is 38.0. The second-order valence-corrected chi connectivity index (χ2v) is 38.0. The van der Waals surface area contributed by atoms with Gasteiger partial charge < -0.3 is 19.6 Å². The van der Waals surface area contributed by atoms with Crippen molar-refractivity contribution in [3.63, 3.8) is 0 Å². The van der Waals surface area contributed by atoms with Crippen molar-refractivity contribution in [2.75, 3.05) is 19.6 Å². The van der Waals surface area contributed by atoms with E-state index >= 15 is 0 Å². The molecule has 24 aromatic rings. The average Bonchev–Trinajstić information content (AvgIpc) is 1.50. The molecule has 0 aromatic heterocycles. The SMILES string of the molecule is c1ccc(-c2ccc(N(c3ccccc3)c3ccc4cc5c(cc4c3)C3(c4ccccc4-c4ccccc43)c3cc(N(c4ccc(-c6ccccc6)cc4)c4ccc(-c6cccc(N(c7cccc(-c8ccccc8)c7)c7ccc8cc9c(cc8c7)C7(c8ccccc8-c8ccccc87)c7cc(N(c8ccccc8)c8cccc(-c%10ccccc%10)c8)c8ccccc8c7-9)c6)cc4)c4ccccc4c3-5)cc2)cc1. The Hall–Kier alpha value is -18.5. The Labute approximate surface area is 826 Å². The Morgan fingerprint density at radius 2 is 0.359 bits per heavy atom. The van der Waals surface area contributed by atoms with Gasteiger partial charge in [0.25, 0.3) is 0 Å². The summed E-state index contributed by atoms with van der Waals surface area (Å²) in [6, 6.07) is 205. The molecule has 142 heavy (non-hydrogen) atoms. The molecule has 0 bridgehead atoms. The van der Waals surface area contributed by atoms with E-state index < -0.39 is 10.8 Å². The van der Waals surface area contributed by atoms with Crippen molar-refractivity contribution >= 4 is 111 Å². The van der Waals surface area contributed by atoms with Crippen LogP contribution in [0.15, 0.2) is 546 Å². The number of anilines is 12. The summed E-state index contributed by atoms with van der Waals surface area (Å²) < 4.78 is 0. The lowest BCUT2D eigenvalue weighted by Crippen LogP contribution is -2.26. The molecule has 4 nitrogen and oxygen atoms in total. The lowest BCUT2D eigenvalue weighted by atomic mass is 9.70. The third kappa shape index (κ3) is 12.9. The van der Waals surface area contributed by atoms with E-state index in [1.54, 1.807) is 0 Å². The van der Waals surface area contributed by atoms with Crippen LogP contribution in [0.25, 0.3) is 143 Å². The smallest absolute Gasteiger partial charge is 0.0726 e. The Bertz CT molecular complexity index is 9050. The van der Waals surface area contributed by atoms with Crippen molar-refractivity contribution in [3.8, 4) is 100 Å². The van der Waals surface area contributed by atoms with E-state index in [2.05, 4.69) is 566 Å². The second kappa shape index (κ2) is 33.2. The molecule has 0 heterocycles. The van der Waals surface area contributed by atoms with Crippen molar-refractivity contribution < 1.29 is 0 Å². The summed E-state index contributed by atoms with van der Waals surface area (Å²) in [5, 5.41) is 9.41. The maximum absolute atomic E-state index is 2.59. The summed E-state index contributed by atoms with van der Waals surface area (Å²) in [6.07, 6.45) is 0. The fraction of sp³-hybridized carbons (Fsp3) is 0.0145. The highest BCUT2D eigenvalue weighted by Gasteiger charge is 2.55. The van der Waals surface area contributed by atoms with Gasteiger partial charge in [-0.3, -0.25) is 0 Å². The third-order valence-electron chi connectivity index (χ3n) is 30.5. The molecule has 0 N–H and O–H groups in total. The zero-order valence-electron chi connectivity index (χ0n) is 77.8. The maximum atomic E-state index is 2.59. The van der Waals surface area contributed by atoms with Crippen LogP contribution in [-0.2, 0) is 10.8 Å². The summed E-state index contributed by atoms with van der Waals surface area (Å²) in [6.45, 7) is 0. The van der Waals surface area contributed by atoms with E-state index in [0.29, 0.717) is 0 Å². The number of benzene rings is 24. The first-order valence-corrected chi connectivity index (χ1v) is 49.2. The molecule has 662 valence electrons. The molecular formula is C138H90N4. The van der Waals surface area contributed by atoms with Crippen LogP contribution in [0.2, 0.25) is 0 Å². The summed E-state index contributed by atoms with van der Waals surface area (Å²) in [7, 11) is 0. The van der Waals surface area contributed by atoms with E-state index in [-0.39, 0.29) is 0 Å². The first kappa shape index (κ1) is 81.8. The molecule has 2 spiro atoms. The van der Waals surface area contributed by atoms with Gasteiger partial charge in [0.05, 0.1) is 22.2 Å². The minimum absolute atomic E-state index is 0.708. The van der Waals surface area contributed by atoms with Crippen molar-refractivity contribution in [3.05, 3.63) is 590 Å². The van der Waals surface area contributed by atoms with Gasteiger partial charge in [0, 0.05) is 67.6 Å².